The van der Waals surface area contributed by atoms with Crippen LogP contribution in [0, 0.1) is 0 Å². The van der Waals surface area contributed by atoms with E-state index in [4.69, 9.17) is 16.2 Å². The minimum Gasteiger partial charge on any atom is -0.444 e. The van der Waals surface area contributed by atoms with Crippen LogP contribution in [-0.2, 0) is 4.74 Å². The van der Waals surface area contributed by atoms with E-state index in [1.165, 1.54) is 6.20 Å². The number of amides is 2. The molecule has 160 valence electrons. The Morgan fingerprint density at radius 2 is 1.73 bits per heavy atom. The summed E-state index contributed by atoms with van der Waals surface area (Å²) in [5, 5.41) is 3.03. The largest absolute Gasteiger partial charge is 0.444 e. The summed E-state index contributed by atoms with van der Waals surface area (Å²) in [7, 11) is 0. The van der Waals surface area contributed by atoms with Crippen molar-refractivity contribution in [3.8, 4) is 0 Å². The van der Waals surface area contributed by atoms with Gasteiger partial charge in [0.25, 0.3) is 5.91 Å². The number of ether oxygens (including phenoxy) is 1. The average Bonchev–Trinajstić information content (AvgIpc) is 2.67. The number of benzene rings is 1. The van der Waals surface area contributed by atoms with Crippen molar-refractivity contribution >= 4 is 35.0 Å². The molecule has 5 N–H and O–H groups in total. The van der Waals surface area contributed by atoms with Crippen molar-refractivity contribution in [1.82, 2.24) is 14.9 Å². The number of carbonyl (C=O) groups is 2. The fourth-order valence-corrected chi connectivity index (χ4v) is 3.04. The van der Waals surface area contributed by atoms with Crippen LogP contribution in [0.3, 0.4) is 0 Å². The number of aromatic nitrogens is 2. The van der Waals surface area contributed by atoms with Crippen LogP contribution in [0.1, 0.15) is 31.3 Å². The van der Waals surface area contributed by atoms with Crippen LogP contribution >= 0.6 is 0 Å². The quantitative estimate of drug-likeness (QED) is 0.691. The zero-order chi connectivity index (χ0) is 21.9. The highest BCUT2D eigenvalue weighted by Crippen LogP contribution is 2.23. The van der Waals surface area contributed by atoms with Gasteiger partial charge in [-0.25, -0.2) is 14.8 Å². The fraction of sp³-hybridized carbons (Fsp3) is 0.400. The number of rotatable bonds is 4. The number of primary amides is 1. The minimum atomic E-state index is -0.690. The number of hydrogen-bond donors (Lipinski definition) is 3. The molecule has 1 aromatic heterocycles. The number of nitrogen functional groups attached to an aromatic ring is 1. The van der Waals surface area contributed by atoms with Gasteiger partial charge in [-0.2, -0.15) is 0 Å². The van der Waals surface area contributed by atoms with Crippen molar-refractivity contribution < 1.29 is 14.3 Å². The molecular formula is C20H27N7O3. The van der Waals surface area contributed by atoms with Crippen molar-refractivity contribution in [3.63, 3.8) is 0 Å². The maximum Gasteiger partial charge on any atom is 0.410 e. The van der Waals surface area contributed by atoms with Gasteiger partial charge >= 0.3 is 6.09 Å². The lowest BCUT2D eigenvalue weighted by Crippen LogP contribution is -2.50. The third-order valence-corrected chi connectivity index (χ3v) is 4.45. The maximum absolute atomic E-state index is 12.2. The molecule has 0 unspecified atom stereocenters. The summed E-state index contributed by atoms with van der Waals surface area (Å²) in [6, 6.07) is 7.64. The molecule has 1 saturated heterocycles. The van der Waals surface area contributed by atoms with Gasteiger partial charge in [0.1, 0.15) is 11.4 Å². The molecular weight excluding hydrogens is 386 g/mol. The highest BCUT2D eigenvalue weighted by molar-refractivity contribution is 5.96. The Morgan fingerprint density at radius 1 is 1.10 bits per heavy atom. The van der Waals surface area contributed by atoms with Crippen LogP contribution in [0.25, 0.3) is 0 Å². The molecule has 1 aromatic carbocycles. The first-order valence-corrected chi connectivity index (χ1v) is 9.65. The molecule has 10 nitrogen and oxygen atoms in total. The summed E-state index contributed by atoms with van der Waals surface area (Å²) >= 11 is 0. The highest BCUT2D eigenvalue weighted by atomic mass is 16.6. The lowest BCUT2D eigenvalue weighted by atomic mass is 10.2. The van der Waals surface area contributed by atoms with Crippen molar-refractivity contribution in [3.05, 3.63) is 36.2 Å². The van der Waals surface area contributed by atoms with Gasteiger partial charge in [-0.15, -0.1) is 0 Å². The van der Waals surface area contributed by atoms with Gasteiger partial charge in [0, 0.05) is 37.6 Å². The number of carbonyl (C=O) groups excluding carboxylic acids is 2. The fourth-order valence-electron chi connectivity index (χ4n) is 3.04. The summed E-state index contributed by atoms with van der Waals surface area (Å²) in [4.78, 5) is 35.7. The molecule has 1 fully saturated rings. The number of anilines is 4. The normalized spacial score (nSPS) is 14.4. The highest BCUT2D eigenvalue weighted by Gasteiger charge is 2.26. The zero-order valence-corrected chi connectivity index (χ0v) is 17.4. The van der Waals surface area contributed by atoms with E-state index in [9.17, 15) is 9.59 Å². The van der Waals surface area contributed by atoms with Crippen LogP contribution in [0.2, 0.25) is 0 Å². The first-order chi connectivity index (χ1) is 14.1. The summed E-state index contributed by atoms with van der Waals surface area (Å²) in [5.74, 6) is -0.298. The minimum absolute atomic E-state index is 0.0199. The Bertz CT molecular complexity index is 917. The van der Waals surface area contributed by atoms with Crippen molar-refractivity contribution in [1.29, 1.82) is 0 Å². The summed E-state index contributed by atoms with van der Waals surface area (Å²) in [6.07, 6.45) is 1.00. The molecule has 0 radical (unpaired) electrons. The van der Waals surface area contributed by atoms with Gasteiger partial charge in [-0.1, -0.05) is 0 Å². The Morgan fingerprint density at radius 3 is 2.30 bits per heavy atom. The van der Waals surface area contributed by atoms with Gasteiger partial charge < -0.3 is 31.3 Å². The van der Waals surface area contributed by atoms with Gasteiger partial charge in [-0.05, 0) is 45.0 Å². The topological polar surface area (TPSA) is 140 Å². The molecule has 2 heterocycles. The molecule has 0 aliphatic carbocycles. The van der Waals surface area contributed by atoms with Crippen molar-refractivity contribution in [2.24, 2.45) is 5.73 Å². The molecule has 30 heavy (non-hydrogen) atoms. The lowest BCUT2D eigenvalue weighted by Gasteiger charge is -2.36. The lowest BCUT2D eigenvalue weighted by molar-refractivity contribution is 0.0240. The third kappa shape index (κ3) is 5.28. The SMILES string of the molecule is CC(C)(C)OC(=O)N1CCN(c2ccc(Nc3nc(N)cnc3C(N)=O)cc2)CC1. The maximum atomic E-state index is 12.2. The molecule has 0 spiro atoms. The molecule has 0 atom stereocenters. The van der Waals surface area contributed by atoms with E-state index in [-0.39, 0.29) is 23.4 Å². The van der Waals surface area contributed by atoms with Crippen LogP contribution in [-0.4, -0.2) is 58.6 Å². The number of nitrogens with one attached hydrogen (secondary N) is 1. The first-order valence-electron chi connectivity index (χ1n) is 9.65. The molecule has 1 aliphatic heterocycles. The van der Waals surface area contributed by atoms with Crippen molar-refractivity contribution in [2.75, 3.05) is 42.1 Å². The van der Waals surface area contributed by atoms with E-state index in [1.807, 2.05) is 45.0 Å². The number of nitrogens with two attached hydrogens (primary N) is 2. The molecule has 2 amide bonds. The van der Waals surface area contributed by atoms with E-state index in [0.29, 0.717) is 31.9 Å². The smallest absolute Gasteiger partial charge is 0.410 e. The third-order valence-electron chi connectivity index (χ3n) is 4.45. The molecule has 2 aromatic rings. The van der Waals surface area contributed by atoms with Crippen molar-refractivity contribution in [2.45, 2.75) is 26.4 Å². The summed E-state index contributed by atoms with van der Waals surface area (Å²) in [6.45, 7) is 8.18. The van der Waals surface area contributed by atoms with Gasteiger partial charge in [0.05, 0.1) is 6.20 Å². The van der Waals surface area contributed by atoms with E-state index in [1.54, 1.807) is 4.90 Å². The predicted octanol–water partition coefficient (Wildman–Crippen LogP) is 1.96. The first kappa shape index (κ1) is 21.2. The molecule has 0 saturated carbocycles. The number of hydrogen-bond acceptors (Lipinski definition) is 8. The second-order valence-electron chi connectivity index (χ2n) is 7.98. The van der Waals surface area contributed by atoms with E-state index in [0.717, 1.165) is 5.69 Å². The van der Waals surface area contributed by atoms with Gasteiger partial charge in [0.2, 0.25) is 0 Å². The van der Waals surface area contributed by atoms with E-state index < -0.39 is 11.5 Å². The van der Waals surface area contributed by atoms with E-state index >= 15 is 0 Å². The zero-order valence-electron chi connectivity index (χ0n) is 17.4. The number of nitrogens with zero attached hydrogens (tertiary/aromatic N) is 4. The van der Waals surface area contributed by atoms with Gasteiger partial charge in [-0.3, -0.25) is 4.79 Å². The molecule has 3 rings (SSSR count). The van der Waals surface area contributed by atoms with E-state index in [2.05, 4.69) is 20.2 Å². The Hall–Kier alpha value is -3.56. The standard InChI is InChI=1S/C20H27N7O3/c1-20(2,3)30-19(29)27-10-8-26(9-11-27)14-6-4-13(5-7-14)24-18-16(17(22)28)23-12-15(21)25-18/h4-7,12H,8-11H2,1-3H3,(H2,22,28)(H3,21,24,25). The van der Waals surface area contributed by atoms with Gasteiger partial charge in [0.15, 0.2) is 11.5 Å². The predicted molar refractivity (Wildman–Crippen MR) is 115 cm³/mol. The Labute approximate surface area is 175 Å². The second-order valence-corrected chi connectivity index (χ2v) is 7.98. The Balaban J connectivity index is 1.62. The van der Waals surface area contributed by atoms with Crippen LogP contribution in [0.15, 0.2) is 30.5 Å². The molecule has 10 heteroatoms. The van der Waals surface area contributed by atoms with Crippen LogP contribution in [0.4, 0.5) is 27.8 Å². The monoisotopic (exact) mass is 413 g/mol. The average molecular weight is 413 g/mol. The Kier molecular flexibility index (Phi) is 5.95. The van der Waals surface area contributed by atoms with Crippen LogP contribution < -0.4 is 21.7 Å². The number of piperazine rings is 1. The summed E-state index contributed by atoms with van der Waals surface area (Å²) in [5.41, 5.74) is 12.3. The van der Waals surface area contributed by atoms with Crippen LogP contribution in [0.5, 0.6) is 0 Å². The molecule has 0 bridgehead atoms. The molecule has 1 aliphatic rings. The summed E-state index contributed by atoms with van der Waals surface area (Å²) < 4.78 is 5.43. The second kappa shape index (κ2) is 8.44.